The van der Waals surface area contributed by atoms with Crippen molar-refractivity contribution in [3.8, 4) is 11.4 Å². The van der Waals surface area contributed by atoms with Gasteiger partial charge >= 0.3 is 0 Å². The summed E-state index contributed by atoms with van der Waals surface area (Å²) in [5.41, 5.74) is 2.29. The molecule has 1 heterocycles. The molecule has 3 heteroatoms. The van der Waals surface area contributed by atoms with Gasteiger partial charge in [-0.25, -0.2) is 4.98 Å². The third-order valence-corrected chi connectivity index (χ3v) is 2.31. The van der Waals surface area contributed by atoms with Gasteiger partial charge in [0.1, 0.15) is 10.5 Å². The molecule has 0 aliphatic carbocycles. The van der Waals surface area contributed by atoms with Gasteiger partial charge in [-0.2, -0.15) is 0 Å². The van der Waals surface area contributed by atoms with Crippen LogP contribution < -0.4 is 0 Å². The summed E-state index contributed by atoms with van der Waals surface area (Å²) < 4.78 is 0.707. The van der Waals surface area contributed by atoms with E-state index in [1.54, 1.807) is 12.3 Å². The standard InChI is InChI=1S/C11H10N2S/c1-8-4-2-3-5-9(8)11-12-7-6-10(14)13-11/h2-7H,1H3,(H,12,13,14). The van der Waals surface area contributed by atoms with E-state index in [0.29, 0.717) is 4.64 Å². The Kier molecular flexibility index (Phi) is 2.41. The Bertz CT molecular complexity index is 502. The van der Waals surface area contributed by atoms with E-state index in [1.165, 1.54) is 5.56 Å². The molecule has 0 aliphatic rings. The van der Waals surface area contributed by atoms with Crippen molar-refractivity contribution in [1.29, 1.82) is 0 Å². The fourth-order valence-electron chi connectivity index (χ4n) is 1.35. The molecule has 2 rings (SSSR count). The molecule has 0 fully saturated rings. The van der Waals surface area contributed by atoms with Gasteiger partial charge < -0.3 is 4.98 Å². The Morgan fingerprint density at radius 2 is 2.00 bits per heavy atom. The number of rotatable bonds is 1. The van der Waals surface area contributed by atoms with Gasteiger partial charge in [-0.15, -0.1) is 0 Å². The summed E-state index contributed by atoms with van der Waals surface area (Å²) in [6.07, 6.45) is 1.72. The van der Waals surface area contributed by atoms with Crippen LogP contribution in [0.4, 0.5) is 0 Å². The lowest BCUT2D eigenvalue weighted by molar-refractivity contribution is 1.15. The zero-order valence-corrected chi connectivity index (χ0v) is 8.64. The number of aromatic amines is 1. The Morgan fingerprint density at radius 1 is 1.21 bits per heavy atom. The summed E-state index contributed by atoms with van der Waals surface area (Å²) >= 11 is 5.05. The second-order valence-electron chi connectivity index (χ2n) is 3.10. The predicted molar refractivity (Wildman–Crippen MR) is 59.6 cm³/mol. The minimum absolute atomic E-state index is 0.707. The smallest absolute Gasteiger partial charge is 0.138 e. The van der Waals surface area contributed by atoms with Crippen LogP contribution in [0.2, 0.25) is 0 Å². The minimum Gasteiger partial charge on any atom is -0.331 e. The zero-order chi connectivity index (χ0) is 9.97. The van der Waals surface area contributed by atoms with E-state index in [1.807, 2.05) is 18.2 Å². The van der Waals surface area contributed by atoms with E-state index in [9.17, 15) is 0 Å². The fourth-order valence-corrected chi connectivity index (χ4v) is 1.50. The first-order valence-corrected chi connectivity index (χ1v) is 4.79. The van der Waals surface area contributed by atoms with Crippen molar-refractivity contribution in [3.05, 3.63) is 46.7 Å². The zero-order valence-electron chi connectivity index (χ0n) is 7.82. The molecule has 70 valence electrons. The van der Waals surface area contributed by atoms with E-state index in [2.05, 4.69) is 23.0 Å². The van der Waals surface area contributed by atoms with Crippen molar-refractivity contribution in [2.24, 2.45) is 0 Å². The normalized spacial score (nSPS) is 10.1. The topological polar surface area (TPSA) is 28.7 Å². The highest BCUT2D eigenvalue weighted by Gasteiger charge is 2.00. The highest BCUT2D eigenvalue weighted by atomic mass is 32.1. The highest BCUT2D eigenvalue weighted by molar-refractivity contribution is 7.71. The van der Waals surface area contributed by atoms with Crippen LogP contribution in [-0.2, 0) is 0 Å². The highest BCUT2D eigenvalue weighted by Crippen LogP contribution is 2.17. The molecule has 1 aromatic heterocycles. The first-order valence-electron chi connectivity index (χ1n) is 4.39. The summed E-state index contributed by atoms with van der Waals surface area (Å²) in [4.78, 5) is 7.32. The molecule has 0 unspecified atom stereocenters. The van der Waals surface area contributed by atoms with Gasteiger partial charge in [-0.3, -0.25) is 0 Å². The van der Waals surface area contributed by atoms with Gasteiger partial charge in [0.25, 0.3) is 0 Å². The molecule has 1 aromatic carbocycles. The van der Waals surface area contributed by atoms with Crippen molar-refractivity contribution in [3.63, 3.8) is 0 Å². The summed E-state index contributed by atoms with van der Waals surface area (Å²) in [5, 5.41) is 0. The van der Waals surface area contributed by atoms with E-state index in [0.717, 1.165) is 11.4 Å². The SMILES string of the molecule is Cc1ccccc1-c1nccc(=S)[nH]1. The van der Waals surface area contributed by atoms with Crippen LogP contribution in [0.1, 0.15) is 5.56 Å². The average Bonchev–Trinajstić information content (AvgIpc) is 2.18. The van der Waals surface area contributed by atoms with Gasteiger partial charge in [0.15, 0.2) is 0 Å². The van der Waals surface area contributed by atoms with Crippen LogP contribution in [0.15, 0.2) is 36.5 Å². The molecule has 0 bridgehead atoms. The quantitative estimate of drug-likeness (QED) is 0.720. The van der Waals surface area contributed by atoms with Crippen molar-refractivity contribution in [2.45, 2.75) is 6.92 Å². The van der Waals surface area contributed by atoms with Crippen molar-refractivity contribution in [2.75, 3.05) is 0 Å². The molecular formula is C11H10N2S. The van der Waals surface area contributed by atoms with Crippen molar-refractivity contribution >= 4 is 12.2 Å². The lowest BCUT2D eigenvalue weighted by Crippen LogP contribution is -1.90. The van der Waals surface area contributed by atoms with Gasteiger partial charge in [0.2, 0.25) is 0 Å². The molecule has 2 aromatic rings. The number of benzene rings is 1. The number of nitrogens with one attached hydrogen (secondary N) is 1. The number of nitrogens with zero attached hydrogens (tertiary/aromatic N) is 1. The van der Waals surface area contributed by atoms with E-state index in [-0.39, 0.29) is 0 Å². The Balaban J connectivity index is 2.61. The average molecular weight is 202 g/mol. The number of hydrogen-bond donors (Lipinski definition) is 1. The monoisotopic (exact) mass is 202 g/mol. The third-order valence-electron chi connectivity index (χ3n) is 2.07. The lowest BCUT2D eigenvalue weighted by Gasteiger charge is -2.03. The number of aryl methyl sites for hydroxylation is 1. The molecule has 2 nitrogen and oxygen atoms in total. The summed E-state index contributed by atoms with van der Waals surface area (Å²) in [6.45, 7) is 2.06. The molecule has 0 atom stereocenters. The van der Waals surface area contributed by atoms with Crippen LogP contribution in [0.5, 0.6) is 0 Å². The van der Waals surface area contributed by atoms with E-state index in [4.69, 9.17) is 12.2 Å². The molecule has 1 N–H and O–H groups in total. The molecule has 0 radical (unpaired) electrons. The van der Waals surface area contributed by atoms with Gasteiger partial charge in [0, 0.05) is 11.8 Å². The third kappa shape index (κ3) is 1.72. The second-order valence-corrected chi connectivity index (χ2v) is 3.54. The van der Waals surface area contributed by atoms with E-state index >= 15 is 0 Å². The van der Waals surface area contributed by atoms with Crippen LogP contribution in [-0.4, -0.2) is 9.97 Å². The maximum absolute atomic E-state index is 5.05. The molecule has 0 saturated carbocycles. The Morgan fingerprint density at radius 3 is 2.71 bits per heavy atom. The van der Waals surface area contributed by atoms with Crippen LogP contribution in [0, 0.1) is 11.6 Å². The molecular weight excluding hydrogens is 192 g/mol. The largest absolute Gasteiger partial charge is 0.331 e. The van der Waals surface area contributed by atoms with Crippen molar-refractivity contribution in [1.82, 2.24) is 9.97 Å². The van der Waals surface area contributed by atoms with Gasteiger partial charge in [0.05, 0.1) is 0 Å². The van der Waals surface area contributed by atoms with Crippen molar-refractivity contribution < 1.29 is 0 Å². The van der Waals surface area contributed by atoms with Gasteiger partial charge in [-0.1, -0.05) is 36.5 Å². The minimum atomic E-state index is 0.707. The molecule has 0 saturated heterocycles. The van der Waals surface area contributed by atoms with E-state index < -0.39 is 0 Å². The summed E-state index contributed by atoms with van der Waals surface area (Å²) in [7, 11) is 0. The summed E-state index contributed by atoms with van der Waals surface area (Å²) in [6, 6.07) is 9.87. The molecule has 14 heavy (non-hydrogen) atoms. The second kappa shape index (κ2) is 3.72. The number of H-pyrrole nitrogens is 1. The molecule has 0 amide bonds. The summed E-state index contributed by atoms with van der Waals surface area (Å²) in [5.74, 6) is 0.829. The maximum Gasteiger partial charge on any atom is 0.138 e. The molecule has 0 spiro atoms. The first-order chi connectivity index (χ1) is 6.77. The lowest BCUT2D eigenvalue weighted by atomic mass is 10.1. The maximum atomic E-state index is 5.05. The predicted octanol–water partition coefficient (Wildman–Crippen LogP) is 3.11. The van der Waals surface area contributed by atoms with Gasteiger partial charge in [-0.05, 0) is 18.6 Å². The van der Waals surface area contributed by atoms with Crippen LogP contribution in [0.3, 0.4) is 0 Å². The van der Waals surface area contributed by atoms with Crippen LogP contribution >= 0.6 is 12.2 Å². The first kappa shape index (κ1) is 9.09. The number of hydrogen-bond acceptors (Lipinski definition) is 2. The fraction of sp³-hybridized carbons (Fsp3) is 0.0909. The van der Waals surface area contributed by atoms with Crippen LogP contribution in [0.25, 0.3) is 11.4 Å². The Labute approximate surface area is 87.7 Å². The number of aromatic nitrogens is 2. The Hall–Kier alpha value is -1.48. The molecule has 0 aliphatic heterocycles.